The summed E-state index contributed by atoms with van der Waals surface area (Å²) in [5, 5.41) is 15.5. The number of nitrogens with zero attached hydrogens (tertiary/aromatic N) is 1. The molecule has 130 valence electrons. The van der Waals surface area contributed by atoms with Crippen LogP contribution in [0.15, 0.2) is 28.8 Å². The number of aryl methyl sites for hydroxylation is 1. The number of ether oxygens (including phenoxy) is 2. The second-order valence-corrected chi connectivity index (χ2v) is 5.38. The lowest BCUT2D eigenvalue weighted by Crippen LogP contribution is -2.37. The van der Waals surface area contributed by atoms with Crippen molar-refractivity contribution in [2.75, 3.05) is 13.7 Å². The Morgan fingerprint density at radius 1 is 1.38 bits per heavy atom. The van der Waals surface area contributed by atoms with Crippen LogP contribution in [0, 0.1) is 6.92 Å². The predicted octanol–water partition coefficient (Wildman–Crippen LogP) is 2.07. The normalized spacial score (nSPS) is 11.8. The maximum absolute atomic E-state index is 12.0. The van der Waals surface area contributed by atoms with Gasteiger partial charge in [0.2, 0.25) is 0 Å². The van der Waals surface area contributed by atoms with E-state index >= 15 is 0 Å². The average Bonchev–Trinajstić information content (AvgIpc) is 3.07. The van der Waals surface area contributed by atoms with Gasteiger partial charge in [0.25, 0.3) is 5.91 Å². The maximum atomic E-state index is 12.0. The predicted molar refractivity (Wildman–Crippen MR) is 87.2 cm³/mol. The van der Waals surface area contributed by atoms with Gasteiger partial charge in [0.1, 0.15) is 6.61 Å². The molecule has 0 saturated heterocycles. The number of methoxy groups -OCH3 is 1. The first-order chi connectivity index (χ1) is 11.6. The van der Waals surface area contributed by atoms with Crippen molar-refractivity contribution < 1.29 is 23.9 Å². The quantitative estimate of drug-likeness (QED) is 0.767. The molecule has 2 aromatic rings. The number of carbonyl (C=O) groups excluding carboxylic acids is 1. The number of carbonyl (C=O) groups is 1. The van der Waals surface area contributed by atoms with Crippen LogP contribution in [0.5, 0.6) is 11.5 Å². The molecule has 2 rings (SSSR count). The largest absolute Gasteiger partial charge is 0.493 e. The zero-order valence-electron chi connectivity index (χ0n) is 14.0. The van der Waals surface area contributed by atoms with Crippen molar-refractivity contribution in [3.05, 3.63) is 41.3 Å². The van der Waals surface area contributed by atoms with Gasteiger partial charge in [-0.3, -0.25) is 4.79 Å². The number of nitrogens with one attached hydrogen (secondary N) is 1. The van der Waals surface area contributed by atoms with Gasteiger partial charge in [0, 0.05) is 6.07 Å². The first kappa shape index (κ1) is 17.8. The molecule has 1 aromatic heterocycles. The summed E-state index contributed by atoms with van der Waals surface area (Å²) in [6.45, 7) is 3.84. The van der Waals surface area contributed by atoms with Crippen molar-refractivity contribution in [3.8, 4) is 11.5 Å². The molecule has 0 fully saturated rings. The molecule has 0 saturated carbocycles. The molecule has 2 N–H and O–H groups in total. The second kappa shape index (κ2) is 8.35. The summed E-state index contributed by atoms with van der Waals surface area (Å²) in [5.74, 6) is 1.23. The average molecular weight is 334 g/mol. The Labute approximate surface area is 140 Å². The maximum Gasteiger partial charge on any atom is 0.273 e. The highest BCUT2D eigenvalue weighted by Gasteiger charge is 2.16. The van der Waals surface area contributed by atoms with Crippen molar-refractivity contribution in [2.24, 2.45) is 0 Å². The van der Waals surface area contributed by atoms with Crippen LogP contribution in [0.3, 0.4) is 0 Å². The minimum atomic E-state index is -0.390. The van der Waals surface area contributed by atoms with Crippen LogP contribution in [-0.4, -0.2) is 35.9 Å². The summed E-state index contributed by atoms with van der Waals surface area (Å²) in [7, 11) is 1.57. The Morgan fingerprint density at radius 3 is 2.83 bits per heavy atom. The molecule has 24 heavy (non-hydrogen) atoms. The molecule has 0 bridgehead atoms. The molecule has 1 unspecified atom stereocenters. The van der Waals surface area contributed by atoms with Gasteiger partial charge in [0.05, 0.1) is 19.8 Å². The van der Waals surface area contributed by atoms with Crippen LogP contribution in [0.4, 0.5) is 0 Å². The number of amides is 1. The Kier molecular flexibility index (Phi) is 6.20. The number of hydrogen-bond acceptors (Lipinski definition) is 6. The zero-order valence-corrected chi connectivity index (χ0v) is 14.0. The Morgan fingerprint density at radius 2 is 2.17 bits per heavy atom. The fraction of sp³-hybridized carbons (Fsp3) is 0.412. The lowest BCUT2D eigenvalue weighted by atomic mass is 10.2. The smallest absolute Gasteiger partial charge is 0.273 e. The summed E-state index contributed by atoms with van der Waals surface area (Å²) in [6, 6.07) is 6.81. The first-order valence-corrected chi connectivity index (χ1v) is 7.72. The third kappa shape index (κ3) is 4.48. The van der Waals surface area contributed by atoms with Gasteiger partial charge in [-0.05, 0) is 31.0 Å². The van der Waals surface area contributed by atoms with Crippen LogP contribution in [0.1, 0.15) is 35.2 Å². The molecule has 0 aliphatic carbocycles. The summed E-state index contributed by atoms with van der Waals surface area (Å²) in [4.78, 5) is 12.0. The van der Waals surface area contributed by atoms with Gasteiger partial charge in [0.15, 0.2) is 23.0 Å². The second-order valence-electron chi connectivity index (χ2n) is 5.38. The molecule has 0 radical (unpaired) electrons. The number of rotatable bonds is 8. The van der Waals surface area contributed by atoms with E-state index in [1.165, 1.54) is 6.07 Å². The fourth-order valence-electron chi connectivity index (χ4n) is 2.07. The molecule has 7 nitrogen and oxygen atoms in total. The van der Waals surface area contributed by atoms with E-state index in [4.69, 9.17) is 19.1 Å². The van der Waals surface area contributed by atoms with E-state index < -0.39 is 0 Å². The van der Waals surface area contributed by atoms with E-state index in [0.29, 0.717) is 23.7 Å². The Hall–Kier alpha value is -2.54. The molecule has 7 heteroatoms. The van der Waals surface area contributed by atoms with E-state index in [0.717, 1.165) is 5.56 Å². The van der Waals surface area contributed by atoms with Crippen LogP contribution in [0.25, 0.3) is 0 Å². The van der Waals surface area contributed by atoms with E-state index in [1.54, 1.807) is 7.11 Å². The van der Waals surface area contributed by atoms with Gasteiger partial charge in [-0.15, -0.1) is 0 Å². The van der Waals surface area contributed by atoms with Crippen molar-refractivity contribution >= 4 is 5.91 Å². The SMILES string of the molecule is CCC(CO)NC(=O)c1cc(COc2ccc(C)cc2OC)on1. The summed E-state index contributed by atoms with van der Waals surface area (Å²) < 4.78 is 16.0. The molecule has 0 spiro atoms. The van der Waals surface area contributed by atoms with Crippen LogP contribution < -0.4 is 14.8 Å². The van der Waals surface area contributed by atoms with Gasteiger partial charge in [-0.25, -0.2) is 0 Å². The Balaban J connectivity index is 1.98. The van der Waals surface area contributed by atoms with E-state index in [-0.39, 0.29) is 30.9 Å². The first-order valence-electron chi connectivity index (χ1n) is 7.72. The van der Waals surface area contributed by atoms with E-state index in [9.17, 15) is 4.79 Å². The fourth-order valence-corrected chi connectivity index (χ4v) is 2.07. The number of aromatic nitrogens is 1. The lowest BCUT2D eigenvalue weighted by Gasteiger charge is -2.12. The van der Waals surface area contributed by atoms with Gasteiger partial charge < -0.3 is 24.4 Å². The van der Waals surface area contributed by atoms with E-state index in [1.807, 2.05) is 32.0 Å². The van der Waals surface area contributed by atoms with Crippen LogP contribution in [-0.2, 0) is 6.61 Å². The van der Waals surface area contributed by atoms with Crippen molar-refractivity contribution in [1.82, 2.24) is 10.5 Å². The Bertz CT molecular complexity index is 679. The monoisotopic (exact) mass is 334 g/mol. The molecule has 0 aliphatic heterocycles. The van der Waals surface area contributed by atoms with Crippen molar-refractivity contribution in [1.29, 1.82) is 0 Å². The minimum absolute atomic E-state index is 0.122. The molecule has 0 aliphatic rings. The third-order valence-electron chi connectivity index (χ3n) is 3.53. The van der Waals surface area contributed by atoms with Gasteiger partial charge in [-0.2, -0.15) is 0 Å². The lowest BCUT2D eigenvalue weighted by molar-refractivity contribution is 0.0905. The highest BCUT2D eigenvalue weighted by atomic mass is 16.5. The van der Waals surface area contributed by atoms with Crippen LogP contribution in [0.2, 0.25) is 0 Å². The summed E-state index contributed by atoms with van der Waals surface area (Å²) >= 11 is 0. The zero-order chi connectivity index (χ0) is 17.5. The molecule has 1 heterocycles. The highest BCUT2D eigenvalue weighted by molar-refractivity contribution is 5.92. The topological polar surface area (TPSA) is 93.8 Å². The number of aliphatic hydroxyl groups is 1. The number of hydrogen-bond donors (Lipinski definition) is 2. The summed E-state index contributed by atoms with van der Waals surface area (Å²) in [6.07, 6.45) is 0.628. The number of benzene rings is 1. The van der Waals surface area contributed by atoms with Gasteiger partial charge >= 0.3 is 0 Å². The molecule has 1 aromatic carbocycles. The summed E-state index contributed by atoms with van der Waals surface area (Å²) in [5.41, 5.74) is 1.21. The standard InChI is InChI=1S/C17H22N2O5/c1-4-12(9-20)18-17(21)14-8-13(24-19-14)10-23-15-6-5-11(2)7-16(15)22-3/h5-8,12,20H,4,9-10H2,1-3H3,(H,18,21). The van der Waals surface area contributed by atoms with Crippen LogP contribution >= 0.6 is 0 Å². The van der Waals surface area contributed by atoms with E-state index in [2.05, 4.69) is 10.5 Å². The molecule has 1 atom stereocenters. The molecular formula is C17H22N2O5. The third-order valence-corrected chi connectivity index (χ3v) is 3.53. The highest BCUT2D eigenvalue weighted by Crippen LogP contribution is 2.28. The molecule has 1 amide bonds. The van der Waals surface area contributed by atoms with Gasteiger partial charge in [-0.1, -0.05) is 18.1 Å². The van der Waals surface area contributed by atoms with Crippen molar-refractivity contribution in [2.45, 2.75) is 32.9 Å². The number of aliphatic hydroxyl groups excluding tert-OH is 1. The van der Waals surface area contributed by atoms with Crippen molar-refractivity contribution in [3.63, 3.8) is 0 Å². The molecular weight excluding hydrogens is 312 g/mol. The minimum Gasteiger partial charge on any atom is -0.493 e.